The van der Waals surface area contributed by atoms with E-state index in [4.69, 9.17) is 11.6 Å². The first-order valence-corrected chi connectivity index (χ1v) is 8.87. The monoisotopic (exact) mass is 345 g/mol. The molecule has 3 heterocycles. The molecule has 1 aliphatic heterocycles. The molecular formula is C16H16ClN5S. The molecule has 1 atom stereocenters. The lowest BCUT2D eigenvalue weighted by atomic mass is 10.2. The van der Waals surface area contributed by atoms with Crippen molar-refractivity contribution in [3.05, 3.63) is 35.1 Å². The Labute approximate surface area is 143 Å². The molecule has 0 bridgehead atoms. The maximum Gasteiger partial charge on any atom is 0.225 e. The third kappa shape index (κ3) is 2.84. The van der Waals surface area contributed by atoms with E-state index in [0.717, 1.165) is 22.6 Å². The Balaban J connectivity index is 1.67. The molecule has 1 fully saturated rings. The average molecular weight is 346 g/mol. The second-order valence-corrected chi connectivity index (χ2v) is 6.88. The van der Waals surface area contributed by atoms with Crippen LogP contribution in [0, 0.1) is 0 Å². The number of nitrogens with zero attached hydrogens (tertiary/aromatic N) is 4. The number of hydrogen-bond acceptors (Lipinski definition) is 6. The molecule has 1 aliphatic rings. The average Bonchev–Trinajstić information content (AvgIpc) is 3.16. The molecule has 0 radical (unpaired) electrons. The Hall–Kier alpha value is -1.92. The van der Waals surface area contributed by atoms with Crippen LogP contribution >= 0.6 is 22.9 Å². The van der Waals surface area contributed by atoms with Crippen molar-refractivity contribution in [2.24, 2.45) is 0 Å². The lowest BCUT2D eigenvalue weighted by molar-refractivity contribution is 0.735. The van der Waals surface area contributed by atoms with E-state index in [0.29, 0.717) is 11.9 Å². The van der Waals surface area contributed by atoms with Crippen LogP contribution in [-0.2, 0) is 0 Å². The van der Waals surface area contributed by atoms with Gasteiger partial charge in [-0.3, -0.25) is 0 Å². The van der Waals surface area contributed by atoms with Gasteiger partial charge in [0.25, 0.3) is 0 Å². The third-order valence-electron chi connectivity index (χ3n) is 4.16. The summed E-state index contributed by atoms with van der Waals surface area (Å²) >= 11 is 7.46. The molecule has 118 valence electrons. The standard InChI is InChI=1S/C16H16ClN5S/c1-10-4-3-7-22(10)12-6-2-5-11(8-12)19-14-13-15(23-9-18-13)21-16(17)20-14/h2,5-6,8-10H,3-4,7H2,1H3,(H,19,20,21)/t10-/m0/s1. The molecule has 1 saturated heterocycles. The summed E-state index contributed by atoms with van der Waals surface area (Å²) in [5, 5.41) is 3.56. The van der Waals surface area contributed by atoms with Gasteiger partial charge in [-0.05, 0) is 49.6 Å². The second-order valence-electron chi connectivity index (χ2n) is 5.71. The van der Waals surface area contributed by atoms with E-state index in [1.165, 1.54) is 29.9 Å². The number of halogens is 1. The van der Waals surface area contributed by atoms with Crippen molar-refractivity contribution < 1.29 is 0 Å². The summed E-state index contributed by atoms with van der Waals surface area (Å²) in [6.07, 6.45) is 2.50. The topological polar surface area (TPSA) is 53.9 Å². The van der Waals surface area contributed by atoms with Crippen molar-refractivity contribution in [1.82, 2.24) is 15.0 Å². The molecule has 0 unspecified atom stereocenters. The largest absolute Gasteiger partial charge is 0.369 e. The minimum atomic E-state index is 0.230. The van der Waals surface area contributed by atoms with Gasteiger partial charge in [0.05, 0.1) is 5.51 Å². The third-order valence-corrected chi connectivity index (χ3v) is 5.05. The van der Waals surface area contributed by atoms with Crippen LogP contribution in [0.5, 0.6) is 0 Å². The molecule has 2 aromatic heterocycles. The Morgan fingerprint density at radius 1 is 1.35 bits per heavy atom. The number of benzene rings is 1. The molecule has 1 aromatic carbocycles. The van der Waals surface area contributed by atoms with Gasteiger partial charge < -0.3 is 10.2 Å². The van der Waals surface area contributed by atoms with Crippen LogP contribution in [0.3, 0.4) is 0 Å². The highest BCUT2D eigenvalue weighted by Gasteiger charge is 2.20. The van der Waals surface area contributed by atoms with Crippen molar-refractivity contribution >= 4 is 50.5 Å². The summed E-state index contributed by atoms with van der Waals surface area (Å²) in [6.45, 7) is 3.39. The van der Waals surface area contributed by atoms with Crippen LogP contribution in [0.25, 0.3) is 10.3 Å². The zero-order valence-corrected chi connectivity index (χ0v) is 14.2. The Kier molecular flexibility index (Phi) is 3.79. The van der Waals surface area contributed by atoms with Crippen LogP contribution < -0.4 is 10.2 Å². The van der Waals surface area contributed by atoms with Crippen molar-refractivity contribution in [2.45, 2.75) is 25.8 Å². The lowest BCUT2D eigenvalue weighted by Crippen LogP contribution is -2.26. The Morgan fingerprint density at radius 3 is 3.09 bits per heavy atom. The fourth-order valence-electron chi connectivity index (χ4n) is 3.04. The summed E-state index contributed by atoms with van der Waals surface area (Å²) in [5.74, 6) is 0.646. The van der Waals surface area contributed by atoms with Crippen LogP contribution in [0.1, 0.15) is 19.8 Å². The first kappa shape index (κ1) is 14.7. The molecule has 23 heavy (non-hydrogen) atoms. The van der Waals surface area contributed by atoms with Gasteiger partial charge in [-0.1, -0.05) is 6.07 Å². The molecule has 5 nitrogen and oxygen atoms in total. The van der Waals surface area contributed by atoms with E-state index < -0.39 is 0 Å². The van der Waals surface area contributed by atoms with Gasteiger partial charge in [-0.2, -0.15) is 4.98 Å². The summed E-state index contributed by atoms with van der Waals surface area (Å²) in [4.78, 5) is 16.0. The van der Waals surface area contributed by atoms with Crippen molar-refractivity contribution in [1.29, 1.82) is 0 Å². The minimum absolute atomic E-state index is 0.230. The first-order valence-electron chi connectivity index (χ1n) is 7.61. The van der Waals surface area contributed by atoms with E-state index >= 15 is 0 Å². The summed E-state index contributed by atoms with van der Waals surface area (Å²) in [6, 6.07) is 8.97. The van der Waals surface area contributed by atoms with Gasteiger partial charge in [0.1, 0.15) is 5.52 Å². The number of rotatable bonds is 3. The van der Waals surface area contributed by atoms with Crippen molar-refractivity contribution in [3.8, 4) is 0 Å². The smallest absolute Gasteiger partial charge is 0.225 e. The number of aromatic nitrogens is 3. The number of hydrogen-bond donors (Lipinski definition) is 1. The quantitative estimate of drug-likeness (QED) is 0.710. The molecule has 0 saturated carbocycles. The zero-order valence-electron chi connectivity index (χ0n) is 12.7. The van der Waals surface area contributed by atoms with Gasteiger partial charge in [-0.25, -0.2) is 9.97 Å². The molecule has 4 rings (SSSR count). The van der Waals surface area contributed by atoms with E-state index in [1.54, 1.807) is 5.51 Å². The fraction of sp³-hybridized carbons (Fsp3) is 0.312. The lowest BCUT2D eigenvalue weighted by Gasteiger charge is -2.24. The van der Waals surface area contributed by atoms with Crippen LogP contribution in [-0.4, -0.2) is 27.5 Å². The predicted molar refractivity (Wildman–Crippen MR) is 96.0 cm³/mol. The van der Waals surface area contributed by atoms with Crippen molar-refractivity contribution in [2.75, 3.05) is 16.8 Å². The molecule has 0 spiro atoms. The predicted octanol–water partition coefficient (Wildman–Crippen LogP) is 4.47. The fourth-order valence-corrected chi connectivity index (χ4v) is 3.92. The van der Waals surface area contributed by atoms with Gasteiger partial charge in [0, 0.05) is 24.0 Å². The SMILES string of the molecule is C[C@H]1CCCN1c1cccc(Nc2nc(Cl)nc3scnc23)c1. The molecule has 7 heteroatoms. The first-order chi connectivity index (χ1) is 11.2. The van der Waals surface area contributed by atoms with E-state index in [9.17, 15) is 0 Å². The van der Waals surface area contributed by atoms with Crippen LogP contribution in [0.15, 0.2) is 29.8 Å². The highest BCUT2D eigenvalue weighted by atomic mass is 35.5. The summed E-state index contributed by atoms with van der Waals surface area (Å²) in [7, 11) is 0. The highest BCUT2D eigenvalue weighted by molar-refractivity contribution is 7.16. The van der Waals surface area contributed by atoms with Gasteiger partial charge in [0.2, 0.25) is 5.28 Å². The van der Waals surface area contributed by atoms with E-state index in [1.807, 2.05) is 6.07 Å². The van der Waals surface area contributed by atoms with E-state index in [-0.39, 0.29) is 5.28 Å². The maximum atomic E-state index is 6.01. The van der Waals surface area contributed by atoms with Gasteiger partial charge in [0.15, 0.2) is 10.6 Å². The highest BCUT2D eigenvalue weighted by Crippen LogP contribution is 2.30. The van der Waals surface area contributed by atoms with E-state index in [2.05, 4.69) is 50.3 Å². The number of thiazole rings is 1. The molecule has 1 N–H and O–H groups in total. The second kappa shape index (κ2) is 5.94. The minimum Gasteiger partial charge on any atom is -0.369 e. The van der Waals surface area contributed by atoms with Crippen LogP contribution in [0.2, 0.25) is 5.28 Å². The van der Waals surface area contributed by atoms with Gasteiger partial charge in [-0.15, -0.1) is 11.3 Å². The Bertz CT molecular complexity index is 849. The molecule has 3 aromatic rings. The summed E-state index contributed by atoms with van der Waals surface area (Å²) < 4.78 is 0. The molecular weight excluding hydrogens is 330 g/mol. The summed E-state index contributed by atoms with van der Waals surface area (Å²) in [5.41, 5.74) is 4.71. The zero-order chi connectivity index (χ0) is 15.8. The van der Waals surface area contributed by atoms with Crippen molar-refractivity contribution in [3.63, 3.8) is 0 Å². The molecule has 0 aliphatic carbocycles. The maximum absolute atomic E-state index is 6.01. The van der Waals surface area contributed by atoms with Gasteiger partial charge >= 0.3 is 0 Å². The number of anilines is 3. The Morgan fingerprint density at radius 2 is 2.26 bits per heavy atom. The number of nitrogens with one attached hydrogen (secondary N) is 1. The normalized spacial score (nSPS) is 17.8. The molecule has 0 amide bonds. The number of fused-ring (bicyclic) bond motifs is 1. The van der Waals surface area contributed by atoms with Crippen LogP contribution in [0.4, 0.5) is 17.2 Å².